The van der Waals surface area contributed by atoms with Crippen LogP contribution < -0.4 is 0 Å². The molecule has 1 rings (SSSR count). The maximum Gasteiger partial charge on any atom is 0.211 e. The van der Waals surface area contributed by atoms with Crippen molar-refractivity contribution in [2.45, 2.75) is 33.5 Å². The number of rotatable bonds is 5. The number of aromatic nitrogens is 2. The van der Waals surface area contributed by atoms with E-state index in [0.717, 1.165) is 11.4 Å². The van der Waals surface area contributed by atoms with Gasteiger partial charge in [0.05, 0.1) is 0 Å². The fourth-order valence-electron chi connectivity index (χ4n) is 1.39. The molecule has 0 fully saturated rings. The van der Waals surface area contributed by atoms with Crippen LogP contribution in [0.25, 0.3) is 0 Å². The fraction of sp³-hybridized carbons (Fsp3) is 0.700. The molecule has 0 atom stereocenters. The van der Waals surface area contributed by atoms with Crippen LogP contribution in [0.3, 0.4) is 0 Å². The minimum absolute atomic E-state index is 0.600. The molecule has 0 amide bonds. The Kier molecular flexibility index (Phi) is 3.66. The molecule has 14 heavy (non-hydrogen) atoms. The van der Waals surface area contributed by atoms with E-state index in [0.29, 0.717) is 13.2 Å². The van der Waals surface area contributed by atoms with Crippen LogP contribution in [0.2, 0.25) is 0 Å². The Balaban J connectivity index is 2.86. The van der Waals surface area contributed by atoms with E-state index in [1.165, 1.54) is 0 Å². The fourth-order valence-corrected chi connectivity index (χ4v) is 1.39. The second kappa shape index (κ2) is 4.57. The lowest BCUT2D eigenvalue weighted by Gasteiger charge is -2.26. The van der Waals surface area contributed by atoms with Gasteiger partial charge in [0.1, 0.15) is 5.69 Å². The largest absolute Gasteiger partial charge is 0.345 e. The molecule has 0 saturated carbocycles. The summed E-state index contributed by atoms with van der Waals surface area (Å²) in [6.07, 6.45) is 0. The van der Waals surface area contributed by atoms with Crippen LogP contribution in [-0.2, 0) is 15.3 Å². The molecule has 0 aromatic carbocycles. The molecular weight excluding hydrogens is 180 g/mol. The molecule has 80 valence electrons. The van der Waals surface area contributed by atoms with Crippen LogP contribution in [0.15, 0.2) is 6.07 Å². The van der Waals surface area contributed by atoms with E-state index in [2.05, 4.69) is 10.2 Å². The summed E-state index contributed by atoms with van der Waals surface area (Å²) in [5.74, 6) is -0.728. The zero-order valence-corrected chi connectivity index (χ0v) is 9.26. The second-order valence-electron chi connectivity index (χ2n) is 3.25. The summed E-state index contributed by atoms with van der Waals surface area (Å²) in [6.45, 7) is 8.92. The summed E-state index contributed by atoms with van der Waals surface area (Å²) in [6, 6.07) is 1.94. The van der Waals surface area contributed by atoms with Crippen LogP contribution >= 0.6 is 0 Å². The molecule has 1 aromatic rings. The summed E-state index contributed by atoms with van der Waals surface area (Å²) in [7, 11) is 0. The highest BCUT2D eigenvalue weighted by atomic mass is 16.7. The van der Waals surface area contributed by atoms with E-state index < -0.39 is 5.79 Å². The van der Waals surface area contributed by atoms with E-state index in [4.69, 9.17) is 9.47 Å². The predicted molar refractivity (Wildman–Crippen MR) is 53.9 cm³/mol. The number of ether oxygens (including phenoxy) is 2. The van der Waals surface area contributed by atoms with E-state index in [1.54, 1.807) is 0 Å². The monoisotopic (exact) mass is 198 g/mol. The zero-order chi connectivity index (χ0) is 10.6. The Morgan fingerprint density at radius 3 is 2.29 bits per heavy atom. The maximum absolute atomic E-state index is 5.56. The summed E-state index contributed by atoms with van der Waals surface area (Å²) >= 11 is 0. The smallest absolute Gasteiger partial charge is 0.211 e. The average molecular weight is 198 g/mol. The first-order valence-corrected chi connectivity index (χ1v) is 4.92. The van der Waals surface area contributed by atoms with Crippen LogP contribution in [0.1, 0.15) is 32.2 Å². The minimum Gasteiger partial charge on any atom is -0.345 e. The van der Waals surface area contributed by atoms with E-state index in [-0.39, 0.29) is 0 Å². The van der Waals surface area contributed by atoms with Gasteiger partial charge in [0.2, 0.25) is 5.79 Å². The van der Waals surface area contributed by atoms with Crippen molar-refractivity contribution in [2.24, 2.45) is 0 Å². The highest BCUT2D eigenvalue weighted by Crippen LogP contribution is 2.25. The van der Waals surface area contributed by atoms with Crippen molar-refractivity contribution < 1.29 is 9.47 Å². The Labute approximate surface area is 84.6 Å². The van der Waals surface area contributed by atoms with E-state index in [1.807, 2.05) is 33.8 Å². The van der Waals surface area contributed by atoms with Crippen LogP contribution in [0.4, 0.5) is 0 Å². The topological polar surface area (TPSA) is 47.1 Å². The predicted octanol–water partition coefficient (Wildman–Crippen LogP) is 1.96. The third kappa shape index (κ3) is 2.33. The van der Waals surface area contributed by atoms with Gasteiger partial charge in [-0.2, -0.15) is 5.10 Å². The number of nitrogens with zero attached hydrogens (tertiary/aromatic N) is 1. The summed E-state index contributed by atoms with van der Waals surface area (Å²) < 4.78 is 11.1. The van der Waals surface area contributed by atoms with Crippen molar-refractivity contribution in [3.05, 3.63) is 17.5 Å². The standard InChI is InChI=1S/C10H18N2O2/c1-5-13-10(4,14-6-2)9-7-8(3)11-12-9/h7H,5-6H2,1-4H3,(H,11,12). The normalized spacial score (nSPS) is 12.0. The number of aromatic amines is 1. The van der Waals surface area contributed by atoms with Crippen molar-refractivity contribution in [1.29, 1.82) is 0 Å². The van der Waals surface area contributed by atoms with Gasteiger partial charge in [-0.15, -0.1) is 0 Å². The summed E-state index contributed by atoms with van der Waals surface area (Å²) in [5, 5.41) is 7.03. The quantitative estimate of drug-likeness (QED) is 0.736. The van der Waals surface area contributed by atoms with Crippen molar-refractivity contribution >= 4 is 0 Å². The Morgan fingerprint density at radius 2 is 1.93 bits per heavy atom. The molecule has 4 nitrogen and oxygen atoms in total. The first-order chi connectivity index (χ1) is 6.62. The number of hydrogen-bond donors (Lipinski definition) is 1. The SMILES string of the molecule is CCOC(C)(OCC)c1cc(C)[nH]n1. The maximum atomic E-state index is 5.56. The molecule has 0 bridgehead atoms. The van der Waals surface area contributed by atoms with E-state index in [9.17, 15) is 0 Å². The number of hydrogen-bond acceptors (Lipinski definition) is 3. The zero-order valence-electron chi connectivity index (χ0n) is 9.26. The molecule has 0 spiro atoms. The molecular formula is C10H18N2O2. The highest BCUT2D eigenvalue weighted by Gasteiger charge is 2.30. The van der Waals surface area contributed by atoms with Crippen LogP contribution in [0.5, 0.6) is 0 Å². The van der Waals surface area contributed by atoms with Gasteiger partial charge >= 0.3 is 0 Å². The molecule has 0 aliphatic carbocycles. The van der Waals surface area contributed by atoms with Gasteiger partial charge in [-0.1, -0.05) is 0 Å². The molecule has 1 aromatic heterocycles. The lowest BCUT2D eigenvalue weighted by molar-refractivity contribution is -0.232. The number of aryl methyl sites for hydroxylation is 1. The molecule has 0 aliphatic rings. The molecule has 0 saturated heterocycles. The molecule has 0 unspecified atom stereocenters. The Morgan fingerprint density at radius 1 is 1.36 bits per heavy atom. The molecule has 4 heteroatoms. The van der Waals surface area contributed by atoms with Gasteiger partial charge in [0, 0.05) is 18.9 Å². The summed E-state index contributed by atoms with van der Waals surface area (Å²) in [5.41, 5.74) is 1.80. The Hall–Kier alpha value is -0.870. The van der Waals surface area contributed by atoms with Gasteiger partial charge in [0.25, 0.3) is 0 Å². The first-order valence-electron chi connectivity index (χ1n) is 4.92. The van der Waals surface area contributed by atoms with Gasteiger partial charge in [-0.3, -0.25) is 5.10 Å². The molecule has 0 aliphatic heterocycles. The first kappa shape index (κ1) is 11.2. The lowest BCUT2D eigenvalue weighted by atomic mass is 10.2. The third-order valence-electron chi connectivity index (χ3n) is 2.01. The second-order valence-corrected chi connectivity index (χ2v) is 3.25. The highest BCUT2D eigenvalue weighted by molar-refractivity contribution is 5.11. The van der Waals surface area contributed by atoms with E-state index >= 15 is 0 Å². The average Bonchev–Trinajstić information content (AvgIpc) is 2.53. The Bertz CT molecular complexity index is 277. The lowest BCUT2D eigenvalue weighted by Crippen LogP contribution is -2.30. The van der Waals surface area contributed by atoms with Gasteiger partial charge in [-0.05, 0) is 33.8 Å². The van der Waals surface area contributed by atoms with Gasteiger partial charge < -0.3 is 9.47 Å². The minimum atomic E-state index is -0.728. The van der Waals surface area contributed by atoms with Crippen molar-refractivity contribution in [1.82, 2.24) is 10.2 Å². The molecule has 1 N–H and O–H groups in total. The van der Waals surface area contributed by atoms with Gasteiger partial charge in [-0.25, -0.2) is 0 Å². The number of H-pyrrole nitrogens is 1. The van der Waals surface area contributed by atoms with Gasteiger partial charge in [0.15, 0.2) is 0 Å². The molecule has 1 heterocycles. The van der Waals surface area contributed by atoms with Crippen molar-refractivity contribution in [3.63, 3.8) is 0 Å². The van der Waals surface area contributed by atoms with Crippen molar-refractivity contribution in [2.75, 3.05) is 13.2 Å². The number of nitrogens with one attached hydrogen (secondary N) is 1. The summed E-state index contributed by atoms with van der Waals surface area (Å²) in [4.78, 5) is 0. The van der Waals surface area contributed by atoms with Crippen molar-refractivity contribution in [3.8, 4) is 0 Å². The van der Waals surface area contributed by atoms with Crippen LogP contribution in [0, 0.1) is 6.92 Å². The van der Waals surface area contributed by atoms with Crippen LogP contribution in [-0.4, -0.2) is 23.4 Å². The molecule has 0 radical (unpaired) electrons. The third-order valence-corrected chi connectivity index (χ3v) is 2.01.